The van der Waals surface area contributed by atoms with Gasteiger partial charge in [-0.2, -0.15) is 0 Å². The molecule has 2 rings (SSSR count). The highest BCUT2D eigenvalue weighted by atomic mass is 32.1. The van der Waals surface area contributed by atoms with Crippen molar-refractivity contribution >= 4 is 17.3 Å². The normalized spacial score (nSPS) is 14.1. The van der Waals surface area contributed by atoms with Gasteiger partial charge in [0.15, 0.2) is 0 Å². The van der Waals surface area contributed by atoms with Crippen LogP contribution in [0.4, 0.5) is 0 Å². The van der Waals surface area contributed by atoms with E-state index < -0.39 is 18.0 Å². The molecule has 0 fully saturated rings. The number of hydrogen-bond acceptors (Lipinski definition) is 3. The van der Waals surface area contributed by atoms with Crippen molar-refractivity contribution in [3.05, 3.63) is 57.8 Å². The first-order chi connectivity index (χ1) is 8.59. The van der Waals surface area contributed by atoms with Crippen LogP contribution in [0.15, 0.2) is 41.8 Å². The molecule has 1 aromatic carbocycles. The summed E-state index contributed by atoms with van der Waals surface area (Å²) in [6.45, 7) is 1.64. The zero-order valence-electron chi connectivity index (χ0n) is 9.91. The van der Waals surface area contributed by atoms with Gasteiger partial charge in [0.2, 0.25) is 0 Å². The Balaban J connectivity index is 2.30. The molecule has 2 aromatic rings. The molecule has 1 aromatic heterocycles. The number of carboxylic acids is 1. The van der Waals surface area contributed by atoms with Gasteiger partial charge in [-0.25, -0.2) is 0 Å². The van der Waals surface area contributed by atoms with Crippen molar-refractivity contribution < 1.29 is 15.0 Å². The second kappa shape index (κ2) is 5.33. The average molecular weight is 262 g/mol. The van der Waals surface area contributed by atoms with Gasteiger partial charge in [0.25, 0.3) is 0 Å². The summed E-state index contributed by atoms with van der Waals surface area (Å²) in [5, 5.41) is 21.1. The number of carboxylic acid groups (broad SMARTS) is 1. The topological polar surface area (TPSA) is 57.5 Å². The lowest BCUT2D eigenvalue weighted by Crippen LogP contribution is -2.08. The largest absolute Gasteiger partial charge is 0.481 e. The van der Waals surface area contributed by atoms with Crippen molar-refractivity contribution in [3.63, 3.8) is 0 Å². The van der Waals surface area contributed by atoms with Crippen LogP contribution in [0.25, 0.3) is 0 Å². The standard InChI is InChI=1S/C14H14O3S/c1-9(14(16)17)10-4-2-5-11(8-10)13(15)12-6-3-7-18-12/h2-9,13,15H,1H3,(H,16,17). The van der Waals surface area contributed by atoms with E-state index in [2.05, 4.69) is 0 Å². The lowest BCUT2D eigenvalue weighted by Gasteiger charge is -2.12. The summed E-state index contributed by atoms with van der Waals surface area (Å²) in [7, 11) is 0. The summed E-state index contributed by atoms with van der Waals surface area (Å²) in [5.41, 5.74) is 1.43. The molecule has 2 N–H and O–H groups in total. The lowest BCUT2D eigenvalue weighted by atomic mass is 9.97. The highest BCUT2D eigenvalue weighted by molar-refractivity contribution is 7.10. The van der Waals surface area contributed by atoms with Crippen molar-refractivity contribution in [1.29, 1.82) is 0 Å². The van der Waals surface area contributed by atoms with E-state index in [0.717, 1.165) is 10.4 Å². The molecule has 2 atom stereocenters. The molecule has 2 unspecified atom stereocenters. The number of thiophene rings is 1. The number of rotatable bonds is 4. The second-order valence-electron chi connectivity index (χ2n) is 4.15. The minimum Gasteiger partial charge on any atom is -0.481 e. The molecular formula is C14H14O3S. The maximum atomic E-state index is 10.9. The Hall–Kier alpha value is -1.65. The van der Waals surface area contributed by atoms with Gasteiger partial charge in [0.1, 0.15) is 6.10 Å². The Kier molecular flexibility index (Phi) is 3.79. The molecule has 0 aliphatic heterocycles. The van der Waals surface area contributed by atoms with Crippen LogP contribution in [0.2, 0.25) is 0 Å². The second-order valence-corrected chi connectivity index (χ2v) is 5.13. The third-order valence-corrected chi connectivity index (χ3v) is 3.83. The van der Waals surface area contributed by atoms with Crippen molar-refractivity contribution in [1.82, 2.24) is 0 Å². The van der Waals surface area contributed by atoms with Crippen LogP contribution >= 0.6 is 11.3 Å². The molecule has 0 spiro atoms. The fraction of sp³-hybridized carbons (Fsp3) is 0.214. The highest BCUT2D eigenvalue weighted by Crippen LogP contribution is 2.27. The predicted molar refractivity (Wildman–Crippen MR) is 70.9 cm³/mol. The van der Waals surface area contributed by atoms with Crippen LogP contribution in [0.5, 0.6) is 0 Å². The van der Waals surface area contributed by atoms with Gasteiger partial charge in [-0.15, -0.1) is 11.3 Å². The minimum atomic E-state index is -0.863. The molecule has 18 heavy (non-hydrogen) atoms. The zero-order chi connectivity index (χ0) is 13.1. The summed E-state index contributed by atoms with van der Waals surface area (Å²) in [6.07, 6.45) is -0.689. The third kappa shape index (κ3) is 2.60. The Morgan fingerprint density at radius 2 is 1.94 bits per heavy atom. The first kappa shape index (κ1) is 12.8. The summed E-state index contributed by atoms with van der Waals surface area (Å²) in [4.78, 5) is 11.8. The van der Waals surface area contributed by atoms with E-state index in [1.165, 1.54) is 11.3 Å². The fourth-order valence-electron chi connectivity index (χ4n) is 1.75. The van der Waals surface area contributed by atoms with E-state index in [1.54, 1.807) is 25.1 Å². The molecule has 0 aliphatic carbocycles. The number of aliphatic hydroxyl groups is 1. The van der Waals surface area contributed by atoms with Gasteiger partial charge in [0.05, 0.1) is 5.92 Å². The molecular weight excluding hydrogens is 248 g/mol. The summed E-state index contributed by atoms with van der Waals surface area (Å²) in [5.74, 6) is -1.43. The Morgan fingerprint density at radius 1 is 1.22 bits per heavy atom. The molecule has 1 heterocycles. The molecule has 0 bridgehead atoms. The van der Waals surface area contributed by atoms with Crippen LogP contribution in [0.3, 0.4) is 0 Å². The smallest absolute Gasteiger partial charge is 0.310 e. The molecule has 94 valence electrons. The van der Waals surface area contributed by atoms with Crippen LogP contribution < -0.4 is 0 Å². The van der Waals surface area contributed by atoms with Gasteiger partial charge in [0, 0.05) is 4.88 Å². The van der Waals surface area contributed by atoms with Crippen LogP contribution in [0.1, 0.15) is 34.9 Å². The number of hydrogen-bond donors (Lipinski definition) is 2. The van der Waals surface area contributed by atoms with E-state index in [4.69, 9.17) is 5.11 Å². The van der Waals surface area contributed by atoms with Crippen LogP contribution in [-0.4, -0.2) is 16.2 Å². The minimum absolute atomic E-state index is 0.569. The number of carbonyl (C=O) groups is 1. The van der Waals surface area contributed by atoms with Gasteiger partial charge in [-0.1, -0.05) is 30.3 Å². The molecule has 0 saturated carbocycles. The van der Waals surface area contributed by atoms with Crippen molar-refractivity contribution in [2.45, 2.75) is 18.9 Å². The van der Waals surface area contributed by atoms with Crippen LogP contribution in [-0.2, 0) is 4.79 Å². The average Bonchev–Trinajstić information content (AvgIpc) is 2.91. The lowest BCUT2D eigenvalue weighted by molar-refractivity contribution is -0.138. The number of benzene rings is 1. The van der Waals surface area contributed by atoms with Gasteiger partial charge in [-0.05, 0) is 29.5 Å². The number of aliphatic hydroxyl groups excluding tert-OH is 1. The molecule has 0 aliphatic rings. The third-order valence-electron chi connectivity index (χ3n) is 2.91. The summed E-state index contributed by atoms with van der Waals surface area (Å²) >= 11 is 1.48. The maximum absolute atomic E-state index is 10.9. The van der Waals surface area contributed by atoms with Gasteiger partial charge < -0.3 is 10.2 Å². The highest BCUT2D eigenvalue weighted by Gasteiger charge is 2.16. The van der Waals surface area contributed by atoms with Crippen LogP contribution in [0, 0.1) is 0 Å². The van der Waals surface area contributed by atoms with Crippen molar-refractivity contribution in [2.75, 3.05) is 0 Å². The molecule has 0 amide bonds. The summed E-state index contributed by atoms with van der Waals surface area (Å²) < 4.78 is 0. The quantitative estimate of drug-likeness (QED) is 0.890. The fourth-order valence-corrected chi connectivity index (χ4v) is 2.49. The maximum Gasteiger partial charge on any atom is 0.310 e. The van der Waals surface area contributed by atoms with E-state index in [9.17, 15) is 9.90 Å². The molecule has 0 radical (unpaired) electrons. The van der Waals surface area contributed by atoms with E-state index in [0.29, 0.717) is 5.56 Å². The molecule has 3 nitrogen and oxygen atoms in total. The Labute approximate surface area is 109 Å². The predicted octanol–water partition coefficient (Wildman–Crippen LogP) is 3.02. The van der Waals surface area contributed by atoms with E-state index in [1.807, 2.05) is 23.6 Å². The SMILES string of the molecule is CC(C(=O)O)c1cccc(C(O)c2cccs2)c1. The van der Waals surface area contributed by atoms with Crippen molar-refractivity contribution in [2.24, 2.45) is 0 Å². The first-order valence-corrected chi connectivity index (χ1v) is 6.51. The van der Waals surface area contributed by atoms with Crippen molar-refractivity contribution in [3.8, 4) is 0 Å². The number of aliphatic carboxylic acids is 1. The monoisotopic (exact) mass is 262 g/mol. The van der Waals surface area contributed by atoms with E-state index >= 15 is 0 Å². The summed E-state index contributed by atoms with van der Waals surface area (Å²) in [6, 6.07) is 10.9. The van der Waals surface area contributed by atoms with Gasteiger partial charge >= 0.3 is 5.97 Å². The first-order valence-electron chi connectivity index (χ1n) is 5.63. The Bertz CT molecular complexity index is 534. The van der Waals surface area contributed by atoms with Gasteiger partial charge in [-0.3, -0.25) is 4.79 Å². The zero-order valence-corrected chi connectivity index (χ0v) is 10.7. The Morgan fingerprint density at radius 3 is 2.56 bits per heavy atom. The molecule has 4 heteroatoms. The molecule has 0 saturated heterocycles. The van der Waals surface area contributed by atoms with E-state index in [-0.39, 0.29) is 0 Å².